The number of hydrogen-bond donors (Lipinski definition) is 2. The molecule has 0 aromatic heterocycles. The lowest BCUT2D eigenvalue weighted by Crippen LogP contribution is -2.54. The minimum absolute atomic E-state index is 0.0240. The molecule has 1 fully saturated rings. The Hall–Kier alpha value is -3.19. The Bertz CT molecular complexity index is 893. The van der Waals surface area contributed by atoms with Gasteiger partial charge in [0, 0.05) is 0 Å². The van der Waals surface area contributed by atoms with E-state index in [0.29, 0.717) is 17.0 Å². The molecule has 0 aliphatic carbocycles. The number of aromatic hydroxyl groups is 1. The molecular formula is C18H14N2O4S. The highest BCUT2D eigenvalue weighted by Crippen LogP contribution is 2.28. The smallest absolute Gasteiger partial charge is 0.270 e. The predicted molar refractivity (Wildman–Crippen MR) is 97.3 cm³/mol. The summed E-state index contributed by atoms with van der Waals surface area (Å²) in [6.45, 7) is 0. The molecule has 0 unspecified atom stereocenters. The number of anilines is 1. The lowest BCUT2D eigenvalue weighted by Gasteiger charge is -2.28. The summed E-state index contributed by atoms with van der Waals surface area (Å²) in [5.41, 5.74) is 0.959. The van der Waals surface area contributed by atoms with E-state index in [1.165, 1.54) is 24.2 Å². The molecule has 6 nitrogen and oxygen atoms in total. The summed E-state index contributed by atoms with van der Waals surface area (Å²) in [4.78, 5) is 26.2. The Balaban J connectivity index is 2.00. The summed E-state index contributed by atoms with van der Waals surface area (Å²) in [7, 11) is 1.43. The molecule has 1 aliphatic rings. The average Bonchev–Trinajstić information content (AvgIpc) is 2.59. The summed E-state index contributed by atoms with van der Waals surface area (Å²) in [5, 5.41) is 12.4. The van der Waals surface area contributed by atoms with E-state index in [1.807, 2.05) is 6.07 Å². The molecule has 3 rings (SSSR count). The van der Waals surface area contributed by atoms with Crippen LogP contribution in [0.3, 0.4) is 0 Å². The van der Waals surface area contributed by atoms with E-state index in [-0.39, 0.29) is 16.4 Å². The number of methoxy groups -OCH3 is 1. The van der Waals surface area contributed by atoms with Gasteiger partial charge in [0.1, 0.15) is 5.57 Å². The minimum atomic E-state index is -0.586. The second kappa shape index (κ2) is 6.74. The number of thiocarbonyl (C=S) groups is 1. The Morgan fingerprint density at radius 1 is 1.16 bits per heavy atom. The molecule has 7 heteroatoms. The zero-order chi connectivity index (χ0) is 18.0. The summed E-state index contributed by atoms with van der Waals surface area (Å²) in [6.07, 6.45) is 1.40. The van der Waals surface area contributed by atoms with Crippen molar-refractivity contribution in [3.05, 3.63) is 59.7 Å². The molecule has 0 spiro atoms. The Labute approximate surface area is 149 Å². The third-order valence-electron chi connectivity index (χ3n) is 3.63. The highest BCUT2D eigenvalue weighted by atomic mass is 32.1. The van der Waals surface area contributed by atoms with Crippen LogP contribution in [0.5, 0.6) is 11.5 Å². The molecule has 0 saturated carbocycles. The Morgan fingerprint density at radius 2 is 1.88 bits per heavy atom. The number of nitrogens with zero attached hydrogens (tertiary/aromatic N) is 1. The van der Waals surface area contributed by atoms with Gasteiger partial charge in [0.15, 0.2) is 16.6 Å². The van der Waals surface area contributed by atoms with Crippen LogP contribution in [0.1, 0.15) is 5.56 Å². The number of phenols is 1. The van der Waals surface area contributed by atoms with Crippen molar-refractivity contribution >= 4 is 40.9 Å². The fraction of sp³-hybridized carbons (Fsp3) is 0.0556. The number of amides is 2. The first kappa shape index (κ1) is 16.7. The van der Waals surface area contributed by atoms with Gasteiger partial charge in [-0.2, -0.15) is 0 Å². The summed E-state index contributed by atoms with van der Waals surface area (Å²) < 4.78 is 4.98. The van der Waals surface area contributed by atoms with Gasteiger partial charge < -0.3 is 9.84 Å². The van der Waals surface area contributed by atoms with E-state index < -0.39 is 11.8 Å². The second-order valence-corrected chi connectivity index (χ2v) is 5.61. The molecule has 1 saturated heterocycles. The van der Waals surface area contributed by atoms with E-state index in [0.717, 1.165) is 0 Å². The van der Waals surface area contributed by atoms with Crippen molar-refractivity contribution in [1.82, 2.24) is 5.32 Å². The van der Waals surface area contributed by atoms with Crippen LogP contribution in [-0.2, 0) is 9.59 Å². The molecule has 25 heavy (non-hydrogen) atoms. The van der Waals surface area contributed by atoms with Gasteiger partial charge in [0.05, 0.1) is 12.8 Å². The summed E-state index contributed by atoms with van der Waals surface area (Å²) >= 11 is 5.12. The lowest BCUT2D eigenvalue weighted by molar-refractivity contribution is -0.122. The third-order valence-corrected chi connectivity index (χ3v) is 3.91. The van der Waals surface area contributed by atoms with Crippen LogP contribution in [0.15, 0.2) is 54.1 Å². The number of para-hydroxylation sites is 1. The van der Waals surface area contributed by atoms with Gasteiger partial charge >= 0.3 is 0 Å². The van der Waals surface area contributed by atoms with Crippen molar-refractivity contribution in [2.24, 2.45) is 0 Å². The maximum absolute atomic E-state index is 12.8. The maximum atomic E-state index is 12.8. The van der Waals surface area contributed by atoms with Crippen LogP contribution in [0.4, 0.5) is 5.69 Å². The number of benzene rings is 2. The fourth-order valence-electron chi connectivity index (χ4n) is 2.43. The molecule has 2 amide bonds. The van der Waals surface area contributed by atoms with Gasteiger partial charge in [-0.3, -0.25) is 19.8 Å². The van der Waals surface area contributed by atoms with Crippen molar-refractivity contribution in [3.63, 3.8) is 0 Å². The third kappa shape index (κ3) is 3.22. The molecule has 0 atom stereocenters. The van der Waals surface area contributed by atoms with Gasteiger partial charge in [-0.05, 0) is 48.1 Å². The number of hydrogen-bond acceptors (Lipinski definition) is 5. The zero-order valence-corrected chi connectivity index (χ0v) is 14.0. The van der Waals surface area contributed by atoms with Gasteiger partial charge in [-0.25, -0.2) is 0 Å². The molecule has 1 heterocycles. The molecule has 2 aromatic carbocycles. The van der Waals surface area contributed by atoms with E-state index in [4.69, 9.17) is 17.0 Å². The van der Waals surface area contributed by atoms with Gasteiger partial charge in [-0.15, -0.1) is 0 Å². The largest absolute Gasteiger partial charge is 0.504 e. The lowest BCUT2D eigenvalue weighted by atomic mass is 10.1. The van der Waals surface area contributed by atoms with Crippen LogP contribution in [-0.4, -0.2) is 29.1 Å². The second-order valence-electron chi connectivity index (χ2n) is 5.22. The molecule has 126 valence electrons. The molecular weight excluding hydrogens is 340 g/mol. The van der Waals surface area contributed by atoms with Crippen LogP contribution in [0.2, 0.25) is 0 Å². The van der Waals surface area contributed by atoms with Gasteiger partial charge in [-0.1, -0.05) is 24.3 Å². The van der Waals surface area contributed by atoms with Crippen molar-refractivity contribution in [3.8, 4) is 11.5 Å². The maximum Gasteiger partial charge on any atom is 0.270 e. The number of nitrogens with one attached hydrogen (secondary N) is 1. The van der Waals surface area contributed by atoms with Crippen LogP contribution >= 0.6 is 12.2 Å². The number of ether oxygens (including phenoxy) is 1. The monoisotopic (exact) mass is 354 g/mol. The number of carbonyl (C=O) groups excluding carboxylic acids is 2. The van der Waals surface area contributed by atoms with Crippen LogP contribution < -0.4 is 15.0 Å². The summed E-state index contributed by atoms with van der Waals surface area (Å²) in [6, 6.07) is 13.4. The van der Waals surface area contributed by atoms with E-state index >= 15 is 0 Å². The SMILES string of the molecule is COc1ccc(/C=C2\C(=O)NC(=S)N(c3ccccc3)C2=O)cc1O. The normalized spacial score (nSPS) is 16.1. The standard InChI is InChI=1S/C18H14N2O4S/c1-24-15-8-7-11(10-14(15)21)9-13-16(22)19-18(25)20(17(13)23)12-5-3-2-4-6-12/h2-10,21H,1H3,(H,19,22,25)/b13-9+. The average molecular weight is 354 g/mol. The molecule has 1 aliphatic heterocycles. The predicted octanol–water partition coefficient (Wildman–Crippen LogP) is 2.23. The molecule has 0 radical (unpaired) electrons. The first-order chi connectivity index (χ1) is 12.0. The highest BCUT2D eigenvalue weighted by molar-refractivity contribution is 7.80. The Morgan fingerprint density at radius 3 is 2.52 bits per heavy atom. The number of rotatable bonds is 3. The zero-order valence-electron chi connectivity index (χ0n) is 13.2. The molecule has 2 aromatic rings. The summed E-state index contributed by atoms with van der Waals surface area (Å²) in [5.74, 6) is -0.905. The van der Waals surface area contributed by atoms with Crippen molar-refractivity contribution in [1.29, 1.82) is 0 Å². The first-order valence-corrected chi connectivity index (χ1v) is 7.75. The number of carbonyl (C=O) groups is 2. The van der Waals surface area contributed by atoms with Crippen molar-refractivity contribution in [2.75, 3.05) is 12.0 Å². The topological polar surface area (TPSA) is 78.9 Å². The Kier molecular flexibility index (Phi) is 4.49. The first-order valence-electron chi connectivity index (χ1n) is 7.35. The highest BCUT2D eigenvalue weighted by Gasteiger charge is 2.34. The van der Waals surface area contributed by atoms with Crippen LogP contribution in [0.25, 0.3) is 6.08 Å². The molecule has 2 N–H and O–H groups in total. The van der Waals surface area contributed by atoms with E-state index in [1.54, 1.807) is 36.4 Å². The molecule has 0 bridgehead atoms. The van der Waals surface area contributed by atoms with Gasteiger partial charge in [0.2, 0.25) is 0 Å². The quantitative estimate of drug-likeness (QED) is 0.502. The number of phenolic OH excluding ortho intramolecular Hbond substituents is 1. The van der Waals surface area contributed by atoms with Crippen LogP contribution in [0, 0.1) is 0 Å². The minimum Gasteiger partial charge on any atom is -0.504 e. The van der Waals surface area contributed by atoms with Crippen molar-refractivity contribution < 1.29 is 19.4 Å². The van der Waals surface area contributed by atoms with E-state index in [2.05, 4.69) is 5.32 Å². The fourth-order valence-corrected chi connectivity index (χ4v) is 2.71. The van der Waals surface area contributed by atoms with Crippen molar-refractivity contribution in [2.45, 2.75) is 0 Å². The van der Waals surface area contributed by atoms with Gasteiger partial charge in [0.25, 0.3) is 11.8 Å². The van der Waals surface area contributed by atoms with E-state index in [9.17, 15) is 14.7 Å².